The quantitative estimate of drug-likeness (QED) is 0.461. The Morgan fingerprint density at radius 1 is 0.962 bits per heavy atom. The van der Waals surface area contributed by atoms with E-state index in [1.807, 2.05) is 47.0 Å². The van der Waals surface area contributed by atoms with E-state index in [0.29, 0.717) is 23.5 Å². The van der Waals surface area contributed by atoms with Gasteiger partial charge in [-0.15, -0.1) is 0 Å². The van der Waals surface area contributed by atoms with E-state index < -0.39 is 0 Å². The summed E-state index contributed by atoms with van der Waals surface area (Å²) < 4.78 is 3.64. The van der Waals surface area contributed by atoms with Gasteiger partial charge in [-0.2, -0.15) is 15.1 Å². The highest BCUT2D eigenvalue weighted by Crippen LogP contribution is 2.24. The Kier molecular flexibility index (Phi) is 3.39. The van der Waals surface area contributed by atoms with Crippen molar-refractivity contribution in [3.63, 3.8) is 0 Å². The third-order valence-corrected chi connectivity index (χ3v) is 4.32. The second kappa shape index (κ2) is 5.89. The summed E-state index contributed by atoms with van der Waals surface area (Å²) in [6, 6.07) is 13.7. The topological polar surface area (TPSA) is 74.3 Å². The van der Waals surface area contributed by atoms with Crippen molar-refractivity contribution in [1.82, 2.24) is 34.3 Å². The Balaban J connectivity index is 1.70. The van der Waals surface area contributed by atoms with Crippen LogP contribution in [0.4, 0.5) is 0 Å². The third kappa shape index (κ3) is 2.41. The van der Waals surface area contributed by atoms with Crippen LogP contribution >= 0.6 is 11.6 Å². The molecular formula is C18H12ClN7. The van der Waals surface area contributed by atoms with Crippen molar-refractivity contribution in [2.24, 2.45) is 0 Å². The number of hydrogen-bond acceptors (Lipinski definition) is 5. The summed E-state index contributed by atoms with van der Waals surface area (Å²) in [5.41, 5.74) is 3.12. The van der Waals surface area contributed by atoms with Gasteiger partial charge in [0.2, 0.25) is 5.28 Å². The smallest absolute Gasteiger partial charge is 0.226 e. The number of para-hydroxylation sites is 1. The summed E-state index contributed by atoms with van der Waals surface area (Å²) in [5.74, 6) is 0.556. The number of nitrogens with zero attached hydrogens (tertiary/aromatic N) is 7. The molecule has 0 aliphatic rings. The fraction of sp³-hybridized carbons (Fsp3) is 0.0556. The van der Waals surface area contributed by atoms with Crippen molar-refractivity contribution in [3.05, 3.63) is 72.2 Å². The van der Waals surface area contributed by atoms with E-state index in [2.05, 4.69) is 25.0 Å². The molecule has 0 aliphatic heterocycles. The van der Waals surface area contributed by atoms with Crippen molar-refractivity contribution in [2.75, 3.05) is 0 Å². The number of pyridine rings is 1. The molecular weight excluding hydrogens is 350 g/mol. The minimum atomic E-state index is 0.148. The van der Waals surface area contributed by atoms with Gasteiger partial charge < -0.3 is 4.57 Å². The lowest BCUT2D eigenvalue weighted by molar-refractivity contribution is 0.787. The van der Waals surface area contributed by atoms with Crippen molar-refractivity contribution < 1.29 is 0 Å². The Hall–Kier alpha value is -3.32. The molecule has 0 atom stereocenters. The predicted molar refractivity (Wildman–Crippen MR) is 98.3 cm³/mol. The van der Waals surface area contributed by atoms with Gasteiger partial charge in [0.25, 0.3) is 0 Å². The molecule has 8 heteroatoms. The molecule has 0 aliphatic carbocycles. The molecule has 7 nitrogen and oxygen atoms in total. The zero-order valence-corrected chi connectivity index (χ0v) is 14.2. The molecule has 0 radical (unpaired) electrons. The van der Waals surface area contributed by atoms with Crippen LogP contribution in [0, 0.1) is 0 Å². The minimum Gasteiger partial charge on any atom is -0.309 e. The van der Waals surface area contributed by atoms with Crippen LogP contribution in [-0.4, -0.2) is 34.3 Å². The first-order chi connectivity index (χ1) is 12.8. The van der Waals surface area contributed by atoms with Gasteiger partial charge in [-0.05, 0) is 29.8 Å². The van der Waals surface area contributed by atoms with Crippen LogP contribution in [0.3, 0.4) is 0 Å². The van der Waals surface area contributed by atoms with E-state index in [4.69, 9.17) is 11.6 Å². The highest BCUT2D eigenvalue weighted by Gasteiger charge is 2.16. The summed E-state index contributed by atoms with van der Waals surface area (Å²) in [7, 11) is 0. The standard InChI is InChI=1S/C18H12ClN7/c19-18-23-16-15(21-11-25(16)10-13-6-3-4-8-20-13)17(24-18)26-14-7-2-1-5-12(14)9-22-26/h1-9,11H,10H2. The van der Waals surface area contributed by atoms with Crippen LogP contribution in [0.5, 0.6) is 0 Å². The molecule has 0 saturated heterocycles. The second-order valence-electron chi connectivity index (χ2n) is 5.80. The molecule has 4 aromatic heterocycles. The van der Waals surface area contributed by atoms with Crippen LogP contribution in [0.2, 0.25) is 5.28 Å². The van der Waals surface area contributed by atoms with Gasteiger partial charge in [-0.1, -0.05) is 24.3 Å². The zero-order chi connectivity index (χ0) is 17.5. The Morgan fingerprint density at radius 2 is 1.85 bits per heavy atom. The van der Waals surface area contributed by atoms with E-state index in [-0.39, 0.29) is 5.28 Å². The third-order valence-electron chi connectivity index (χ3n) is 4.15. The Morgan fingerprint density at radius 3 is 2.73 bits per heavy atom. The minimum absolute atomic E-state index is 0.148. The first kappa shape index (κ1) is 15.0. The molecule has 126 valence electrons. The summed E-state index contributed by atoms with van der Waals surface area (Å²) >= 11 is 6.20. The molecule has 0 bridgehead atoms. The number of hydrogen-bond donors (Lipinski definition) is 0. The van der Waals surface area contributed by atoms with Crippen LogP contribution in [0.1, 0.15) is 5.69 Å². The van der Waals surface area contributed by atoms with Crippen LogP contribution in [0.15, 0.2) is 61.2 Å². The zero-order valence-electron chi connectivity index (χ0n) is 13.5. The highest BCUT2D eigenvalue weighted by molar-refractivity contribution is 6.28. The summed E-state index contributed by atoms with van der Waals surface area (Å²) in [5, 5.41) is 5.62. The monoisotopic (exact) mass is 361 g/mol. The molecule has 0 N–H and O–H groups in total. The lowest BCUT2D eigenvalue weighted by Crippen LogP contribution is -2.05. The van der Waals surface area contributed by atoms with Gasteiger partial charge in [0, 0.05) is 11.6 Å². The first-order valence-electron chi connectivity index (χ1n) is 8.01. The SMILES string of the molecule is Clc1nc(-n2ncc3ccccc32)c2ncn(Cc3ccccn3)c2n1. The van der Waals surface area contributed by atoms with Crippen LogP contribution in [0.25, 0.3) is 27.9 Å². The normalized spacial score (nSPS) is 11.4. The molecule has 0 spiro atoms. The molecule has 5 rings (SSSR count). The molecule has 4 heterocycles. The van der Waals surface area contributed by atoms with Gasteiger partial charge in [0.05, 0.1) is 30.3 Å². The predicted octanol–water partition coefficient (Wildman–Crippen LogP) is 3.26. The maximum atomic E-state index is 6.20. The first-order valence-corrected chi connectivity index (χ1v) is 8.39. The molecule has 26 heavy (non-hydrogen) atoms. The Labute approximate surface area is 152 Å². The van der Waals surface area contributed by atoms with Crippen molar-refractivity contribution in [1.29, 1.82) is 0 Å². The summed E-state index contributed by atoms with van der Waals surface area (Å²) in [6.45, 7) is 0.546. The van der Waals surface area contributed by atoms with Crippen LogP contribution < -0.4 is 0 Å². The van der Waals surface area contributed by atoms with Gasteiger partial charge in [0.15, 0.2) is 17.0 Å². The fourth-order valence-corrected chi connectivity index (χ4v) is 3.13. The van der Waals surface area contributed by atoms with E-state index in [0.717, 1.165) is 16.6 Å². The number of benzene rings is 1. The van der Waals surface area contributed by atoms with Gasteiger partial charge in [-0.25, -0.2) is 9.67 Å². The summed E-state index contributed by atoms with van der Waals surface area (Å²) in [6.07, 6.45) is 5.28. The maximum absolute atomic E-state index is 6.20. The number of fused-ring (bicyclic) bond motifs is 2. The average molecular weight is 362 g/mol. The molecule has 1 aromatic carbocycles. The molecule has 5 aromatic rings. The van der Waals surface area contributed by atoms with E-state index >= 15 is 0 Å². The highest BCUT2D eigenvalue weighted by atomic mass is 35.5. The lowest BCUT2D eigenvalue weighted by atomic mass is 10.2. The second-order valence-corrected chi connectivity index (χ2v) is 6.14. The van der Waals surface area contributed by atoms with E-state index in [9.17, 15) is 0 Å². The molecule has 0 unspecified atom stereocenters. The van der Waals surface area contributed by atoms with Crippen molar-refractivity contribution in [3.8, 4) is 5.82 Å². The van der Waals surface area contributed by atoms with Crippen LogP contribution in [-0.2, 0) is 6.54 Å². The fourth-order valence-electron chi connectivity index (χ4n) is 2.97. The number of halogens is 1. The van der Waals surface area contributed by atoms with Gasteiger partial charge in [0.1, 0.15) is 0 Å². The van der Waals surface area contributed by atoms with E-state index in [1.165, 1.54) is 0 Å². The van der Waals surface area contributed by atoms with Gasteiger partial charge >= 0.3 is 0 Å². The van der Waals surface area contributed by atoms with E-state index in [1.54, 1.807) is 23.4 Å². The summed E-state index contributed by atoms with van der Waals surface area (Å²) in [4.78, 5) is 17.6. The average Bonchev–Trinajstić information content (AvgIpc) is 3.27. The molecule has 0 saturated carbocycles. The van der Waals surface area contributed by atoms with Crippen molar-refractivity contribution >= 4 is 33.7 Å². The lowest BCUT2D eigenvalue weighted by Gasteiger charge is -2.06. The van der Waals surface area contributed by atoms with Crippen molar-refractivity contribution in [2.45, 2.75) is 6.54 Å². The number of imidazole rings is 1. The maximum Gasteiger partial charge on any atom is 0.226 e. The number of rotatable bonds is 3. The largest absolute Gasteiger partial charge is 0.309 e. The Bertz CT molecular complexity index is 1230. The molecule has 0 amide bonds. The molecule has 0 fully saturated rings. The van der Waals surface area contributed by atoms with Gasteiger partial charge in [-0.3, -0.25) is 4.98 Å². The number of aromatic nitrogens is 7.